The van der Waals surface area contributed by atoms with Gasteiger partial charge in [-0.2, -0.15) is 4.98 Å². The molecule has 0 saturated carbocycles. The summed E-state index contributed by atoms with van der Waals surface area (Å²) in [5, 5.41) is 12.7. The molecule has 0 aliphatic carbocycles. The number of rotatable bonds is 5. The van der Waals surface area contributed by atoms with E-state index in [0.717, 1.165) is 56.9 Å². The number of pyridine rings is 1. The number of hydrogen-bond acceptors (Lipinski definition) is 10. The number of thiazole rings is 2. The van der Waals surface area contributed by atoms with E-state index in [1.54, 1.807) is 6.07 Å². The number of hydrogen-bond donors (Lipinski definition) is 1. The zero-order valence-corrected chi connectivity index (χ0v) is 21.4. The van der Waals surface area contributed by atoms with Gasteiger partial charge in [0.15, 0.2) is 10.8 Å². The fourth-order valence-corrected chi connectivity index (χ4v) is 6.22. The number of amides is 1. The second-order valence-electron chi connectivity index (χ2n) is 8.63. The average molecular weight is 518 g/mol. The third kappa shape index (κ3) is 4.35. The molecule has 5 heterocycles. The van der Waals surface area contributed by atoms with Crippen molar-refractivity contribution in [1.82, 2.24) is 25.1 Å². The molecule has 1 aliphatic heterocycles. The van der Waals surface area contributed by atoms with Gasteiger partial charge in [0.05, 0.1) is 26.7 Å². The minimum Gasteiger partial charge on any atom is -0.402 e. The number of piperidine rings is 1. The lowest BCUT2D eigenvalue weighted by atomic mass is 10.1. The van der Waals surface area contributed by atoms with Crippen molar-refractivity contribution in [3.05, 3.63) is 52.7 Å². The molecule has 6 rings (SSSR count). The Morgan fingerprint density at radius 2 is 1.81 bits per heavy atom. The quantitative estimate of drug-likeness (QED) is 0.315. The molecule has 11 heteroatoms. The molecular formula is C25H23N7O2S2. The van der Waals surface area contributed by atoms with E-state index in [1.165, 1.54) is 29.1 Å². The summed E-state index contributed by atoms with van der Waals surface area (Å²) in [6.07, 6.45) is 3.52. The number of carbonyl (C=O) groups is 1. The van der Waals surface area contributed by atoms with E-state index in [1.807, 2.05) is 44.2 Å². The Hall–Kier alpha value is -3.70. The maximum absolute atomic E-state index is 13.5. The van der Waals surface area contributed by atoms with E-state index in [0.29, 0.717) is 22.8 Å². The smallest absolute Gasteiger partial charge is 0.322 e. The van der Waals surface area contributed by atoms with Crippen LogP contribution in [-0.2, 0) is 0 Å². The highest BCUT2D eigenvalue weighted by atomic mass is 32.1. The SMILES string of the molecule is Cc1nc(C)c(-c2nnc(NC(=O)c3cc(-c4ccccc4)nc4nc(N5CCCCC5)sc34)o2)s1. The number of nitrogens with one attached hydrogen (secondary N) is 1. The van der Waals surface area contributed by atoms with Gasteiger partial charge in [-0.05, 0) is 39.2 Å². The molecule has 1 fully saturated rings. The fourth-order valence-electron chi connectivity index (χ4n) is 4.31. The first kappa shape index (κ1) is 22.7. The van der Waals surface area contributed by atoms with Crippen LogP contribution in [0, 0.1) is 13.8 Å². The molecule has 0 unspecified atom stereocenters. The van der Waals surface area contributed by atoms with Crippen LogP contribution in [0.5, 0.6) is 0 Å². The number of aromatic nitrogens is 5. The van der Waals surface area contributed by atoms with Crippen LogP contribution in [0.15, 0.2) is 40.8 Å². The summed E-state index contributed by atoms with van der Waals surface area (Å²) in [5.74, 6) is -0.00995. The van der Waals surface area contributed by atoms with E-state index in [9.17, 15) is 4.79 Å². The molecule has 1 aliphatic rings. The van der Waals surface area contributed by atoms with Crippen LogP contribution in [0.4, 0.5) is 11.1 Å². The van der Waals surface area contributed by atoms with Gasteiger partial charge in [0, 0.05) is 18.7 Å². The number of fused-ring (bicyclic) bond motifs is 1. The third-order valence-electron chi connectivity index (χ3n) is 6.03. The zero-order chi connectivity index (χ0) is 24.6. The monoisotopic (exact) mass is 517 g/mol. The van der Waals surface area contributed by atoms with Crippen LogP contribution < -0.4 is 10.2 Å². The van der Waals surface area contributed by atoms with E-state index in [2.05, 4.69) is 25.4 Å². The molecule has 0 atom stereocenters. The molecule has 1 amide bonds. The van der Waals surface area contributed by atoms with Crippen molar-refractivity contribution in [2.45, 2.75) is 33.1 Å². The minimum atomic E-state index is -0.346. The number of carbonyl (C=O) groups excluding carboxylic acids is 1. The standard InChI is InChI=1S/C25H23N7O2S2/c1-14-19(35-15(2)26-14)23-30-31-24(34-23)29-22(33)17-13-18(16-9-5-3-6-10-16)27-21-20(17)36-25(28-21)32-11-7-4-8-12-32/h3,5-6,9-10,13H,4,7-8,11-12H2,1-2H3,(H,29,31,33). The van der Waals surface area contributed by atoms with E-state index >= 15 is 0 Å². The zero-order valence-electron chi connectivity index (χ0n) is 19.8. The van der Waals surface area contributed by atoms with Crippen molar-refractivity contribution in [3.63, 3.8) is 0 Å². The minimum absolute atomic E-state index is 0.0347. The van der Waals surface area contributed by atoms with Crippen molar-refractivity contribution >= 4 is 50.1 Å². The van der Waals surface area contributed by atoms with Crippen LogP contribution in [0.2, 0.25) is 0 Å². The van der Waals surface area contributed by atoms with Crippen molar-refractivity contribution in [1.29, 1.82) is 0 Å². The second kappa shape index (κ2) is 9.40. The Balaban J connectivity index is 1.37. The first-order chi connectivity index (χ1) is 17.5. The Kier molecular flexibility index (Phi) is 5.94. The lowest BCUT2D eigenvalue weighted by Crippen LogP contribution is -2.29. The normalized spacial score (nSPS) is 13.9. The summed E-state index contributed by atoms with van der Waals surface area (Å²) in [7, 11) is 0. The van der Waals surface area contributed by atoms with Gasteiger partial charge in [-0.25, -0.2) is 9.97 Å². The Labute approximate surface area is 215 Å². The fraction of sp³-hybridized carbons (Fsp3) is 0.280. The molecule has 9 nitrogen and oxygen atoms in total. The second-order valence-corrected chi connectivity index (χ2v) is 10.8. The van der Waals surface area contributed by atoms with Gasteiger partial charge >= 0.3 is 6.01 Å². The van der Waals surface area contributed by atoms with Crippen LogP contribution in [0.1, 0.15) is 40.3 Å². The first-order valence-corrected chi connectivity index (χ1v) is 13.4. The Bertz CT molecular complexity index is 1550. The van der Waals surface area contributed by atoms with Crippen molar-refractivity contribution in [2.24, 2.45) is 0 Å². The van der Waals surface area contributed by atoms with Gasteiger partial charge < -0.3 is 9.32 Å². The van der Waals surface area contributed by atoms with Crippen molar-refractivity contribution < 1.29 is 9.21 Å². The van der Waals surface area contributed by atoms with E-state index in [-0.39, 0.29) is 11.9 Å². The average Bonchev–Trinajstić information content (AvgIpc) is 3.62. The predicted molar refractivity (Wildman–Crippen MR) is 142 cm³/mol. The maximum Gasteiger partial charge on any atom is 0.322 e. The molecule has 1 N–H and O–H groups in total. The highest BCUT2D eigenvalue weighted by Gasteiger charge is 2.23. The number of anilines is 2. The van der Waals surface area contributed by atoms with Gasteiger partial charge in [-0.1, -0.05) is 46.8 Å². The highest BCUT2D eigenvalue weighted by molar-refractivity contribution is 7.22. The summed E-state index contributed by atoms with van der Waals surface area (Å²) >= 11 is 2.97. The molecule has 1 saturated heterocycles. The predicted octanol–water partition coefficient (Wildman–Crippen LogP) is 5.72. The van der Waals surface area contributed by atoms with E-state index in [4.69, 9.17) is 14.4 Å². The number of nitrogens with zero attached hydrogens (tertiary/aromatic N) is 6. The van der Waals surface area contributed by atoms with Gasteiger partial charge in [0.2, 0.25) is 0 Å². The highest BCUT2D eigenvalue weighted by Crippen LogP contribution is 2.35. The lowest BCUT2D eigenvalue weighted by molar-refractivity contribution is 0.102. The van der Waals surface area contributed by atoms with Gasteiger partial charge in [-0.3, -0.25) is 10.1 Å². The summed E-state index contributed by atoms with van der Waals surface area (Å²) in [6, 6.07) is 11.6. The van der Waals surface area contributed by atoms with Crippen LogP contribution >= 0.6 is 22.7 Å². The van der Waals surface area contributed by atoms with Crippen LogP contribution in [0.25, 0.3) is 32.4 Å². The Morgan fingerprint density at radius 3 is 2.56 bits per heavy atom. The molecule has 182 valence electrons. The van der Waals surface area contributed by atoms with Gasteiger partial charge in [0.25, 0.3) is 11.8 Å². The summed E-state index contributed by atoms with van der Waals surface area (Å²) in [4.78, 5) is 30.6. The van der Waals surface area contributed by atoms with Gasteiger partial charge in [0.1, 0.15) is 4.88 Å². The molecular weight excluding hydrogens is 494 g/mol. The number of benzene rings is 1. The molecule has 36 heavy (non-hydrogen) atoms. The van der Waals surface area contributed by atoms with Gasteiger partial charge in [-0.15, -0.1) is 16.4 Å². The lowest BCUT2D eigenvalue weighted by Gasteiger charge is -2.25. The van der Waals surface area contributed by atoms with Crippen molar-refractivity contribution in [3.8, 4) is 22.0 Å². The molecule has 1 aromatic carbocycles. The molecule has 5 aromatic rings. The first-order valence-electron chi connectivity index (χ1n) is 11.8. The van der Waals surface area contributed by atoms with Crippen LogP contribution in [0.3, 0.4) is 0 Å². The molecule has 0 bridgehead atoms. The topological polar surface area (TPSA) is 110 Å². The summed E-state index contributed by atoms with van der Waals surface area (Å²) in [5.41, 5.74) is 3.46. The summed E-state index contributed by atoms with van der Waals surface area (Å²) in [6.45, 7) is 5.75. The van der Waals surface area contributed by atoms with Crippen LogP contribution in [-0.4, -0.2) is 44.1 Å². The summed E-state index contributed by atoms with van der Waals surface area (Å²) < 4.78 is 6.50. The van der Waals surface area contributed by atoms with E-state index < -0.39 is 0 Å². The molecule has 4 aromatic heterocycles. The third-order valence-corrected chi connectivity index (χ3v) is 8.23. The molecule has 0 radical (unpaired) electrons. The molecule has 0 spiro atoms. The maximum atomic E-state index is 13.5. The largest absolute Gasteiger partial charge is 0.402 e. The van der Waals surface area contributed by atoms with Crippen molar-refractivity contribution in [2.75, 3.05) is 23.3 Å². The number of aryl methyl sites for hydroxylation is 2. The Morgan fingerprint density at radius 1 is 1.00 bits per heavy atom.